The molecule has 9 aromatic carbocycles. The fraction of sp³-hybridized carbons (Fsp3) is 0.176. The van der Waals surface area contributed by atoms with Crippen LogP contribution in [0.25, 0.3) is 54.6 Å². The normalized spacial score (nSPS) is 13.6. The van der Waals surface area contributed by atoms with Gasteiger partial charge >= 0.3 is 0 Å². The molecule has 3 aromatic heterocycles. The average molecular weight is 976 g/mol. The van der Waals surface area contributed by atoms with Gasteiger partial charge in [0, 0.05) is 72.1 Å². The number of fused-ring (bicyclic) bond motifs is 11. The van der Waals surface area contributed by atoms with Gasteiger partial charge in [0.2, 0.25) is 0 Å². The van der Waals surface area contributed by atoms with Crippen LogP contribution in [0.1, 0.15) is 79.0 Å². The first-order valence-electron chi connectivity index (χ1n) is 26.3. The molecule has 0 atom stereocenters. The zero-order chi connectivity index (χ0) is 51.3. The van der Waals surface area contributed by atoms with E-state index in [4.69, 9.17) is 13.3 Å². The van der Waals surface area contributed by atoms with E-state index in [1.165, 1.54) is 33.1 Å². The third-order valence-electron chi connectivity index (χ3n) is 16.0. The summed E-state index contributed by atoms with van der Waals surface area (Å²) in [7, 11) is 0. The second-order valence-corrected chi connectivity index (χ2v) is 23.9. The highest BCUT2D eigenvalue weighted by Crippen LogP contribution is 2.51. The predicted octanol–water partition coefficient (Wildman–Crippen LogP) is 17.7. The Morgan fingerprint density at radius 1 is 0.373 bits per heavy atom. The predicted molar refractivity (Wildman–Crippen MR) is 316 cm³/mol. The van der Waals surface area contributed by atoms with Gasteiger partial charge in [-0.3, -0.25) is 0 Å². The molecule has 12 aromatic rings. The molecule has 0 spiro atoms. The van der Waals surface area contributed by atoms with Crippen LogP contribution in [0.5, 0.6) is 0 Å². The van der Waals surface area contributed by atoms with Crippen molar-refractivity contribution in [1.29, 1.82) is 0 Å². The van der Waals surface area contributed by atoms with Gasteiger partial charge in [0.25, 0.3) is 6.71 Å². The van der Waals surface area contributed by atoms with Gasteiger partial charge in [-0.25, -0.2) is 0 Å². The van der Waals surface area contributed by atoms with Crippen LogP contribution in [0.3, 0.4) is 0 Å². The summed E-state index contributed by atoms with van der Waals surface area (Å²) in [5, 5.41) is 6.45. The minimum absolute atomic E-state index is 0.00629. The van der Waals surface area contributed by atoms with E-state index in [1.54, 1.807) is 0 Å². The smallest absolute Gasteiger partial charge is 0.252 e. The Morgan fingerprint density at radius 2 is 0.827 bits per heavy atom. The van der Waals surface area contributed by atoms with E-state index >= 15 is 0 Å². The minimum atomic E-state index is -0.235. The molecular weight excluding hydrogens is 918 g/mol. The summed E-state index contributed by atoms with van der Waals surface area (Å²) in [6, 6.07) is 65.0. The monoisotopic (exact) mass is 975 g/mol. The number of hydrogen-bond acceptors (Lipinski definition) is 6. The molecule has 0 unspecified atom stereocenters. The maximum Gasteiger partial charge on any atom is 0.252 e. The summed E-state index contributed by atoms with van der Waals surface area (Å²) >= 11 is 0. The van der Waals surface area contributed by atoms with Crippen LogP contribution >= 0.6 is 0 Å². The van der Waals surface area contributed by atoms with Gasteiger partial charge in [-0.15, -0.1) is 0 Å². The Hall–Kier alpha value is -8.42. The molecule has 75 heavy (non-hydrogen) atoms. The molecule has 366 valence electrons. The summed E-state index contributed by atoms with van der Waals surface area (Å²) in [6.45, 7) is 20.5. The van der Waals surface area contributed by atoms with E-state index < -0.39 is 0 Å². The highest BCUT2D eigenvalue weighted by Gasteiger charge is 2.45. The number of anilines is 9. The lowest BCUT2D eigenvalue weighted by molar-refractivity contribution is 0.572. The van der Waals surface area contributed by atoms with E-state index in [9.17, 15) is 0 Å². The lowest BCUT2D eigenvalue weighted by atomic mass is 9.33. The Labute approximate surface area is 438 Å². The Kier molecular flexibility index (Phi) is 9.67. The van der Waals surface area contributed by atoms with Crippen molar-refractivity contribution >= 4 is 129 Å². The molecule has 0 saturated heterocycles. The molecule has 2 aliphatic heterocycles. The molecule has 0 radical (unpaired) electrons. The van der Waals surface area contributed by atoms with Crippen LogP contribution < -0.4 is 31.1 Å². The van der Waals surface area contributed by atoms with Crippen LogP contribution in [-0.4, -0.2) is 6.71 Å². The lowest BCUT2D eigenvalue weighted by Gasteiger charge is -2.45. The largest absolute Gasteiger partial charge is 0.471 e. The highest BCUT2D eigenvalue weighted by molar-refractivity contribution is 7.00. The van der Waals surface area contributed by atoms with Crippen LogP contribution in [0.2, 0.25) is 0 Å². The fourth-order valence-corrected chi connectivity index (χ4v) is 12.0. The number of rotatable bonds is 5. The molecule has 0 aliphatic carbocycles. The Balaban J connectivity index is 1.09. The molecule has 6 nitrogen and oxygen atoms in total. The minimum Gasteiger partial charge on any atom is -0.471 e. The zero-order valence-electron chi connectivity index (χ0n) is 44.0. The van der Waals surface area contributed by atoms with Crippen molar-refractivity contribution in [2.45, 2.75) is 78.6 Å². The number of furan rings is 3. The first-order valence-corrected chi connectivity index (χ1v) is 26.3. The zero-order valence-corrected chi connectivity index (χ0v) is 44.0. The van der Waals surface area contributed by atoms with E-state index in [2.05, 4.69) is 253 Å². The second-order valence-electron chi connectivity index (χ2n) is 23.9. The summed E-state index contributed by atoms with van der Waals surface area (Å²) in [4.78, 5) is 7.41. The summed E-state index contributed by atoms with van der Waals surface area (Å²) in [5.74, 6) is 0. The van der Waals surface area contributed by atoms with Gasteiger partial charge in [-0.1, -0.05) is 159 Å². The lowest BCUT2D eigenvalue weighted by Crippen LogP contribution is -2.61. The quantitative estimate of drug-likeness (QED) is 0.160. The van der Waals surface area contributed by atoms with Crippen molar-refractivity contribution in [3.63, 3.8) is 0 Å². The molecule has 7 heteroatoms. The topological polar surface area (TPSA) is 49.1 Å². The number of benzene rings is 9. The van der Waals surface area contributed by atoms with Crippen molar-refractivity contribution in [1.82, 2.24) is 0 Å². The Bertz CT molecular complexity index is 4210. The number of para-hydroxylation sites is 4. The van der Waals surface area contributed by atoms with E-state index in [1.807, 2.05) is 12.5 Å². The molecular formula is C68H58BN3O3. The molecule has 5 heterocycles. The first-order chi connectivity index (χ1) is 36.1. The average Bonchev–Trinajstić information content (AvgIpc) is 4.26. The van der Waals surface area contributed by atoms with E-state index in [0.717, 1.165) is 106 Å². The van der Waals surface area contributed by atoms with Gasteiger partial charge in [0.05, 0.1) is 23.9 Å². The Morgan fingerprint density at radius 3 is 1.33 bits per heavy atom. The number of hydrogen-bond donors (Lipinski definition) is 0. The van der Waals surface area contributed by atoms with Crippen molar-refractivity contribution in [3.05, 3.63) is 205 Å². The highest BCUT2D eigenvalue weighted by atomic mass is 16.3. The second kappa shape index (κ2) is 16.0. The van der Waals surface area contributed by atoms with Crippen molar-refractivity contribution in [3.8, 4) is 0 Å². The van der Waals surface area contributed by atoms with Gasteiger partial charge in [0.15, 0.2) is 11.2 Å². The third kappa shape index (κ3) is 7.00. The summed E-state index contributed by atoms with van der Waals surface area (Å²) < 4.78 is 20.0. The van der Waals surface area contributed by atoms with Gasteiger partial charge in [-0.2, -0.15) is 0 Å². The summed E-state index contributed by atoms with van der Waals surface area (Å²) in [5.41, 5.74) is 20.2. The van der Waals surface area contributed by atoms with Gasteiger partial charge < -0.3 is 28.0 Å². The van der Waals surface area contributed by atoms with Crippen molar-refractivity contribution in [2.75, 3.05) is 14.7 Å². The summed E-state index contributed by atoms with van der Waals surface area (Å²) in [6.07, 6.45) is 3.75. The standard InChI is InChI=1S/C68H58BN3O3/c1-66(2,3)43-24-28-46(29-25-43)70(47-30-26-44(27-31-47)67(4,5)6)48-32-33-53-58(38-48)72(56-21-15-19-52-50-17-11-13-23-62(50)75-65(52)56)60-37-45(68(7,8)9)36-59-63(60)69(53)54-34-41-39-73-40-42(41)35-57(54)71(59)55-20-14-18-51-49-16-10-12-22-61(49)74-64(51)55/h10-40H,1-9H3. The molecule has 2 aliphatic rings. The van der Waals surface area contributed by atoms with Crippen molar-refractivity contribution < 1.29 is 13.3 Å². The van der Waals surface area contributed by atoms with Gasteiger partial charge in [-0.05, 0) is 128 Å². The van der Waals surface area contributed by atoms with E-state index in [-0.39, 0.29) is 23.0 Å². The van der Waals surface area contributed by atoms with Crippen LogP contribution in [0, 0.1) is 0 Å². The molecule has 14 rings (SSSR count). The van der Waals surface area contributed by atoms with Crippen LogP contribution in [0.15, 0.2) is 202 Å². The van der Waals surface area contributed by atoms with Crippen molar-refractivity contribution in [2.24, 2.45) is 0 Å². The number of nitrogens with zero attached hydrogens (tertiary/aromatic N) is 3. The SMILES string of the molecule is CC(C)(C)c1ccc(N(c2ccc(C(C)(C)C)cc2)c2ccc3c(c2)N(c2cccc4c2oc2ccccc24)c2cc(C(C)(C)C)cc4c2B3c2cc3cocc3cc2N4c2cccc3c2oc2ccccc23)cc1. The van der Waals surface area contributed by atoms with Crippen LogP contribution in [0.4, 0.5) is 51.2 Å². The molecule has 0 N–H and O–H groups in total. The molecule has 0 saturated carbocycles. The molecule has 0 amide bonds. The fourth-order valence-electron chi connectivity index (χ4n) is 12.0. The third-order valence-corrected chi connectivity index (χ3v) is 16.0. The maximum atomic E-state index is 7.03. The first kappa shape index (κ1) is 45.2. The van der Waals surface area contributed by atoms with Gasteiger partial charge in [0.1, 0.15) is 11.2 Å². The van der Waals surface area contributed by atoms with E-state index in [0.29, 0.717) is 0 Å². The van der Waals surface area contributed by atoms with Crippen LogP contribution in [-0.2, 0) is 16.2 Å². The molecule has 0 fully saturated rings. The maximum absolute atomic E-state index is 7.03. The molecule has 0 bridgehead atoms.